The van der Waals surface area contributed by atoms with Gasteiger partial charge in [0.05, 0.1) is 5.56 Å². The first kappa shape index (κ1) is 17.5. The molecule has 0 aromatic carbocycles. The molecule has 6 nitrogen and oxygen atoms in total. The number of carbonyl (C=O) groups excluding carboxylic acids is 2. The number of thiophene rings is 1. The zero-order chi connectivity index (χ0) is 15.9. The Morgan fingerprint density at radius 1 is 1.33 bits per heavy atom. The molecule has 0 saturated heterocycles. The number of amides is 2. The van der Waals surface area contributed by atoms with Gasteiger partial charge in [-0.3, -0.25) is 4.79 Å². The topological polar surface area (TPSA) is 93.4 Å². The Kier molecular flexibility index (Phi) is 6.64. The smallest absolute Gasteiger partial charge is 0.407 e. The predicted molar refractivity (Wildman–Crippen MR) is 83.4 cm³/mol. The SMILES string of the molecule is CC(C)(C)OC(=O)NCCCNCc1cc(C(N)=O)cs1. The molecule has 1 heterocycles. The Hall–Kier alpha value is -1.60. The maximum Gasteiger partial charge on any atom is 0.407 e. The number of nitrogens with two attached hydrogens (primary N) is 1. The summed E-state index contributed by atoms with van der Waals surface area (Å²) in [5.74, 6) is -0.404. The molecule has 4 N–H and O–H groups in total. The number of carbonyl (C=O) groups is 2. The lowest BCUT2D eigenvalue weighted by molar-refractivity contribution is 0.0527. The van der Waals surface area contributed by atoms with Crippen molar-refractivity contribution in [3.8, 4) is 0 Å². The lowest BCUT2D eigenvalue weighted by Gasteiger charge is -2.19. The van der Waals surface area contributed by atoms with Crippen LogP contribution in [0.4, 0.5) is 4.79 Å². The quantitative estimate of drug-likeness (QED) is 0.670. The average molecular weight is 313 g/mol. The van der Waals surface area contributed by atoms with Crippen molar-refractivity contribution in [3.63, 3.8) is 0 Å². The first-order chi connectivity index (χ1) is 9.78. The summed E-state index contributed by atoms with van der Waals surface area (Å²) in [4.78, 5) is 23.4. The molecular formula is C14H23N3O3S. The Balaban J connectivity index is 2.09. The number of rotatable bonds is 7. The Morgan fingerprint density at radius 2 is 2.05 bits per heavy atom. The number of ether oxygens (including phenoxy) is 1. The van der Waals surface area contributed by atoms with Gasteiger partial charge in [-0.05, 0) is 39.8 Å². The molecule has 0 aliphatic heterocycles. The zero-order valence-electron chi connectivity index (χ0n) is 12.7. The number of primary amides is 1. The molecule has 1 rings (SSSR count). The van der Waals surface area contributed by atoms with Crippen LogP contribution in [0.1, 0.15) is 42.4 Å². The highest BCUT2D eigenvalue weighted by Gasteiger charge is 2.15. The molecule has 0 fully saturated rings. The molecule has 0 spiro atoms. The number of alkyl carbamates (subject to hydrolysis) is 1. The minimum absolute atomic E-state index is 0.396. The van der Waals surface area contributed by atoms with Crippen LogP contribution >= 0.6 is 11.3 Å². The molecule has 7 heteroatoms. The fourth-order valence-electron chi connectivity index (χ4n) is 1.53. The highest BCUT2D eigenvalue weighted by Crippen LogP contribution is 2.13. The van der Waals surface area contributed by atoms with E-state index in [9.17, 15) is 9.59 Å². The maximum atomic E-state index is 11.4. The summed E-state index contributed by atoms with van der Waals surface area (Å²) >= 11 is 1.50. The third-order valence-electron chi connectivity index (χ3n) is 2.44. The number of hydrogen-bond acceptors (Lipinski definition) is 5. The van der Waals surface area contributed by atoms with Crippen molar-refractivity contribution >= 4 is 23.3 Å². The van der Waals surface area contributed by atoms with Crippen LogP contribution in [0.25, 0.3) is 0 Å². The third-order valence-corrected chi connectivity index (χ3v) is 3.37. The van der Waals surface area contributed by atoms with E-state index in [1.54, 1.807) is 11.4 Å². The van der Waals surface area contributed by atoms with E-state index in [1.165, 1.54) is 11.3 Å². The van der Waals surface area contributed by atoms with Crippen molar-refractivity contribution in [1.82, 2.24) is 10.6 Å². The van der Waals surface area contributed by atoms with Gasteiger partial charge >= 0.3 is 6.09 Å². The summed E-state index contributed by atoms with van der Waals surface area (Å²) in [5.41, 5.74) is 5.26. The monoisotopic (exact) mass is 313 g/mol. The molecule has 0 aliphatic rings. The van der Waals surface area contributed by atoms with Gasteiger partial charge in [-0.1, -0.05) is 0 Å². The second-order valence-electron chi connectivity index (χ2n) is 5.62. The Morgan fingerprint density at radius 3 is 2.62 bits per heavy atom. The van der Waals surface area contributed by atoms with Gasteiger partial charge in [-0.15, -0.1) is 11.3 Å². The fourth-order valence-corrected chi connectivity index (χ4v) is 2.38. The van der Waals surface area contributed by atoms with Crippen LogP contribution in [-0.2, 0) is 11.3 Å². The maximum absolute atomic E-state index is 11.4. The summed E-state index contributed by atoms with van der Waals surface area (Å²) in [6.45, 7) is 7.49. The van der Waals surface area contributed by atoms with E-state index in [2.05, 4.69) is 10.6 Å². The van der Waals surface area contributed by atoms with Crippen LogP contribution in [-0.4, -0.2) is 30.7 Å². The minimum Gasteiger partial charge on any atom is -0.444 e. The fraction of sp³-hybridized carbons (Fsp3) is 0.571. The van der Waals surface area contributed by atoms with Crippen LogP contribution in [0, 0.1) is 0 Å². The van der Waals surface area contributed by atoms with E-state index in [4.69, 9.17) is 10.5 Å². The van der Waals surface area contributed by atoms with Gasteiger partial charge in [-0.2, -0.15) is 0 Å². The Bertz CT molecular complexity index is 480. The van der Waals surface area contributed by atoms with Crippen molar-refractivity contribution in [2.75, 3.05) is 13.1 Å². The molecule has 21 heavy (non-hydrogen) atoms. The van der Waals surface area contributed by atoms with Crippen LogP contribution in [0.5, 0.6) is 0 Å². The van der Waals surface area contributed by atoms with E-state index in [1.807, 2.05) is 20.8 Å². The standard InChI is InChI=1S/C14H23N3O3S/c1-14(2,3)20-13(19)17-6-4-5-16-8-11-7-10(9-21-11)12(15)18/h7,9,16H,4-6,8H2,1-3H3,(H2,15,18)(H,17,19). The number of hydrogen-bond donors (Lipinski definition) is 3. The summed E-state index contributed by atoms with van der Waals surface area (Å²) in [6.07, 6.45) is 0.402. The van der Waals surface area contributed by atoms with Gasteiger partial charge in [0.15, 0.2) is 0 Å². The summed E-state index contributed by atoms with van der Waals surface area (Å²) < 4.78 is 5.13. The molecule has 1 aromatic heterocycles. The van der Waals surface area contributed by atoms with E-state index in [0.29, 0.717) is 18.7 Å². The van der Waals surface area contributed by atoms with E-state index >= 15 is 0 Å². The summed E-state index contributed by atoms with van der Waals surface area (Å²) in [7, 11) is 0. The van der Waals surface area contributed by atoms with Gasteiger partial charge < -0.3 is 21.1 Å². The molecule has 0 saturated carbocycles. The van der Waals surface area contributed by atoms with Gasteiger partial charge in [-0.25, -0.2) is 4.79 Å². The largest absolute Gasteiger partial charge is 0.444 e. The second-order valence-corrected chi connectivity index (χ2v) is 6.62. The molecule has 2 amide bonds. The summed E-state index contributed by atoms with van der Waals surface area (Å²) in [6, 6.07) is 1.79. The van der Waals surface area contributed by atoms with Crippen LogP contribution in [0.15, 0.2) is 11.4 Å². The highest BCUT2D eigenvalue weighted by molar-refractivity contribution is 7.10. The molecular weight excluding hydrogens is 290 g/mol. The summed E-state index contributed by atoms with van der Waals surface area (Å²) in [5, 5.41) is 7.69. The van der Waals surface area contributed by atoms with Crippen molar-refractivity contribution in [2.45, 2.75) is 39.3 Å². The molecule has 1 aromatic rings. The molecule has 0 bridgehead atoms. The lowest BCUT2D eigenvalue weighted by Crippen LogP contribution is -2.33. The predicted octanol–water partition coefficient (Wildman–Crippen LogP) is 1.85. The molecule has 0 unspecified atom stereocenters. The van der Waals surface area contributed by atoms with E-state index in [-0.39, 0.29) is 0 Å². The third kappa shape index (κ3) is 7.67. The van der Waals surface area contributed by atoms with Crippen molar-refractivity contribution in [3.05, 3.63) is 21.9 Å². The zero-order valence-corrected chi connectivity index (χ0v) is 13.5. The second kappa shape index (κ2) is 7.99. The van der Waals surface area contributed by atoms with Gasteiger partial charge in [0.1, 0.15) is 5.60 Å². The van der Waals surface area contributed by atoms with Gasteiger partial charge in [0.2, 0.25) is 5.91 Å². The van der Waals surface area contributed by atoms with Crippen LogP contribution in [0.2, 0.25) is 0 Å². The van der Waals surface area contributed by atoms with Crippen molar-refractivity contribution < 1.29 is 14.3 Å². The molecule has 0 radical (unpaired) electrons. The normalized spacial score (nSPS) is 11.2. The molecule has 0 aliphatic carbocycles. The van der Waals surface area contributed by atoms with E-state index in [0.717, 1.165) is 17.8 Å². The first-order valence-corrected chi connectivity index (χ1v) is 7.70. The van der Waals surface area contributed by atoms with Crippen LogP contribution < -0.4 is 16.4 Å². The Labute approximate surface area is 129 Å². The van der Waals surface area contributed by atoms with E-state index < -0.39 is 17.6 Å². The van der Waals surface area contributed by atoms with Crippen molar-refractivity contribution in [2.24, 2.45) is 5.73 Å². The van der Waals surface area contributed by atoms with Crippen LogP contribution in [0.3, 0.4) is 0 Å². The average Bonchev–Trinajstić information content (AvgIpc) is 2.80. The first-order valence-electron chi connectivity index (χ1n) is 6.83. The van der Waals surface area contributed by atoms with Crippen molar-refractivity contribution in [1.29, 1.82) is 0 Å². The van der Waals surface area contributed by atoms with Gasteiger partial charge in [0.25, 0.3) is 0 Å². The van der Waals surface area contributed by atoms with Gasteiger partial charge in [0, 0.05) is 23.3 Å². The minimum atomic E-state index is -0.473. The highest BCUT2D eigenvalue weighted by atomic mass is 32.1. The lowest BCUT2D eigenvalue weighted by atomic mass is 10.2. The molecule has 0 atom stereocenters. The number of nitrogens with one attached hydrogen (secondary N) is 2. The molecule has 118 valence electrons.